The molecule has 1 N–H and O–H groups in total. The highest BCUT2D eigenvalue weighted by atomic mass is 16.1. The van der Waals surface area contributed by atoms with E-state index < -0.39 is 0 Å². The fourth-order valence-corrected chi connectivity index (χ4v) is 1.65. The van der Waals surface area contributed by atoms with Gasteiger partial charge in [-0.05, 0) is 12.1 Å². The zero-order valence-electron chi connectivity index (χ0n) is 8.79. The summed E-state index contributed by atoms with van der Waals surface area (Å²) in [6.07, 6.45) is 2.96. The van der Waals surface area contributed by atoms with E-state index in [1.807, 2.05) is 24.3 Å². The van der Waals surface area contributed by atoms with Gasteiger partial charge in [0.25, 0.3) is 0 Å². The molecule has 0 fully saturated rings. The van der Waals surface area contributed by atoms with Gasteiger partial charge >= 0.3 is 0 Å². The summed E-state index contributed by atoms with van der Waals surface area (Å²) in [6, 6.07) is 9.45. The standard InChI is InChI=1S/C12H8N4O/c17-12(11-7-14-16-15-11)9-5-8-3-1-2-4-10(8)13-6-9/h1-7H,(H,14,15,16). The Bertz CT molecular complexity index is 676. The second-order valence-corrected chi connectivity index (χ2v) is 3.60. The maximum atomic E-state index is 12.0. The van der Waals surface area contributed by atoms with Gasteiger partial charge in [-0.25, -0.2) is 0 Å². The van der Waals surface area contributed by atoms with Crippen molar-refractivity contribution in [3.8, 4) is 0 Å². The normalized spacial score (nSPS) is 10.6. The van der Waals surface area contributed by atoms with Crippen molar-refractivity contribution >= 4 is 16.7 Å². The zero-order valence-corrected chi connectivity index (χ0v) is 8.79. The van der Waals surface area contributed by atoms with Crippen LogP contribution in [0, 0.1) is 0 Å². The summed E-state index contributed by atoms with van der Waals surface area (Å²) in [7, 11) is 0. The number of hydrogen-bond donors (Lipinski definition) is 1. The van der Waals surface area contributed by atoms with Crippen molar-refractivity contribution in [2.45, 2.75) is 0 Å². The molecule has 82 valence electrons. The molecule has 5 heteroatoms. The van der Waals surface area contributed by atoms with Crippen LogP contribution < -0.4 is 0 Å². The fraction of sp³-hybridized carbons (Fsp3) is 0. The van der Waals surface area contributed by atoms with Gasteiger partial charge in [-0.1, -0.05) is 18.2 Å². The van der Waals surface area contributed by atoms with Crippen LogP contribution in [0.2, 0.25) is 0 Å². The molecule has 0 bridgehead atoms. The summed E-state index contributed by atoms with van der Waals surface area (Å²) < 4.78 is 0. The largest absolute Gasteiger partial charge is 0.287 e. The van der Waals surface area contributed by atoms with Crippen molar-refractivity contribution in [2.24, 2.45) is 0 Å². The number of nitrogens with one attached hydrogen (secondary N) is 1. The topological polar surface area (TPSA) is 71.5 Å². The molecule has 0 atom stereocenters. The van der Waals surface area contributed by atoms with Crippen LogP contribution in [-0.4, -0.2) is 26.2 Å². The molecule has 0 radical (unpaired) electrons. The minimum Gasteiger partial charge on any atom is -0.287 e. The number of aromatic nitrogens is 4. The van der Waals surface area contributed by atoms with E-state index in [1.165, 1.54) is 6.20 Å². The average Bonchev–Trinajstić information content (AvgIpc) is 2.91. The van der Waals surface area contributed by atoms with Gasteiger partial charge in [-0.15, -0.1) is 0 Å². The van der Waals surface area contributed by atoms with Gasteiger partial charge < -0.3 is 0 Å². The van der Waals surface area contributed by atoms with Crippen LogP contribution in [0.15, 0.2) is 42.7 Å². The Balaban J connectivity index is 2.09. The number of hydrogen-bond acceptors (Lipinski definition) is 4. The van der Waals surface area contributed by atoms with E-state index in [2.05, 4.69) is 20.4 Å². The number of fused-ring (bicyclic) bond motifs is 1. The number of H-pyrrole nitrogens is 1. The Labute approximate surface area is 96.5 Å². The van der Waals surface area contributed by atoms with Gasteiger partial charge in [0, 0.05) is 17.1 Å². The molecule has 5 nitrogen and oxygen atoms in total. The predicted molar refractivity (Wildman–Crippen MR) is 61.6 cm³/mol. The molecule has 0 unspecified atom stereocenters. The molecule has 3 rings (SSSR count). The molecular weight excluding hydrogens is 216 g/mol. The quantitative estimate of drug-likeness (QED) is 0.671. The number of pyridine rings is 1. The number of rotatable bonds is 2. The number of carbonyl (C=O) groups is 1. The van der Waals surface area contributed by atoms with Crippen molar-refractivity contribution < 1.29 is 4.79 Å². The van der Waals surface area contributed by atoms with Crippen molar-refractivity contribution in [3.05, 3.63) is 54.0 Å². The van der Waals surface area contributed by atoms with Crippen molar-refractivity contribution in [3.63, 3.8) is 0 Å². The number of ketones is 1. The third-order valence-corrected chi connectivity index (χ3v) is 2.50. The van der Waals surface area contributed by atoms with Gasteiger partial charge in [-0.2, -0.15) is 15.4 Å². The van der Waals surface area contributed by atoms with Crippen LogP contribution in [0.25, 0.3) is 10.9 Å². The van der Waals surface area contributed by atoms with Crippen LogP contribution in [0.1, 0.15) is 16.1 Å². The second-order valence-electron chi connectivity index (χ2n) is 3.60. The SMILES string of the molecule is O=C(c1cnc2ccccc2c1)c1cn[nH]n1. The molecule has 0 aliphatic rings. The molecule has 3 aromatic rings. The van der Waals surface area contributed by atoms with Crippen LogP contribution in [0.4, 0.5) is 0 Å². The summed E-state index contributed by atoms with van der Waals surface area (Å²) in [5.41, 5.74) is 1.67. The van der Waals surface area contributed by atoms with Gasteiger partial charge in [0.15, 0.2) is 5.69 Å². The smallest absolute Gasteiger partial charge is 0.216 e. The molecule has 0 saturated carbocycles. The Morgan fingerprint density at radius 3 is 2.88 bits per heavy atom. The summed E-state index contributed by atoms with van der Waals surface area (Å²) in [4.78, 5) is 16.2. The van der Waals surface area contributed by atoms with Gasteiger partial charge in [0.1, 0.15) is 0 Å². The Morgan fingerprint density at radius 1 is 1.18 bits per heavy atom. The first-order valence-corrected chi connectivity index (χ1v) is 5.10. The van der Waals surface area contributed by atoms with E-state index in [9.17, 15) is 4.79 Å². The highest BCUT2D eigenvalue weighted by Gasteiger charge is 2.12. The first-order valence-electron chi connectivity index (χ1n) is 5.10. The van der Waals surface area contributed by atoms with E-state index in [-0.39, 0.29) is 5.78 Å². The molecule has 2 heterocycles. The summed E-state index contributed by atoms with van der Waals surface area (Å²) in [6.45, 7) is 0. The van der Waals surface area contributed by atoms with Crippen molar-refractivity contribution in [1.82, 2.24) is 20.4 Å². The highest BCUT2D eigenvalue weighted by Crippen LogP contribution is 2.14. The summed E-state index contributed by atoms with van der Waals surface area (Å²) >= 11 is 0. The van der Waals surface area contributed by atoms with E-state index in [0.717, 1.165) is 10.9 Å². The lowest BCUT2D eigenvalue weighted by Crippen LogP contribution is -2.02. The third-order valence-electron chi connectivity index (χ3n) is 2.50. The molecule has 0 amide bonds. The molecule has 17 heavy (non-hydrogen) atoms. The monoisotopic (exact) mass is 224 g/mol. The molecule has 0 aliphatic heterocycles. The van der Waals surface area contributed by atoms with E-state index in [1.54, 1.807) is 12.3 Å². The number of nitrogens with zero attached hydrogens (tertiary/aromatic N) is 3. The molecule has 0 aliphatic carbocycles. The molecule has 1 aromatic carbocycles. The minimum atomic E-state index is -0.183. The maximum Gasteiger partial charge on any atom is 0.216 e. The second kappa shape index (κ2) is 3.79. The van der Waals surface area contributed by atoms with Crippen LogP contribution in [0.5, 0.6) is 0 Å². The van der Waals surface area contributed by atoms with Crippen molar-refractivity contribution in [1.29, 1.82) is 0 Å². The maximum absolute atomic E-state index is 12.0. The number of para-hydroxylation sites is 1. The molecule has 0 saturated heterocycles. The number of benzene rings is 1. The number of aromatic amines is 1. The minimum absolute atomic E-state index is 0.183. The lowest BCUT2D eigenvalue weighted by molar-refractivity contribution is 0.103. The Morgan fingerprint density at radius 2 is 2.06 bits per heavy atom. The van der Waals surface area contributed by atoms with E-state index >= 15 is 0 Å². The van der Waals surface area contributed by atoms with Gasteiger partial charge in [-0.3, -0.25) is 9.78 Å². The molecule has 2 aromatic heterocycles. The predicted octanol–water partition coefficient (Wildman–Crippen LogP) is 1.58. The third kappa shape index (κ3) is 1.67. The number of carbonyl (C=O) groups excluding carboxylic acids is 1. The zero-order chi connectivity index (χ0) is 11.7. The Hall–Kier alpha value is -2.56. The van der Waals surface area contributed by atoms with Crippen LogP contribution in [-0.2, 0) is 0 Å². The lowest BCUT2D eigenvalue weighted by Gasteiger charge is -1.99. The molecular formula is C12H8N4O. The first kappa shape index (κ1) is 9.65. The summed E-state index contributed by atoms with van der Waals surface area (Å²) in [5.74, 6) is -0.183. The van der Waals surface area contributed by atoms with E-state index in [0.29, 0.717) is 11.3 Å². The average molecular weight is 224 g/mol. The van der Waals surface area contributed by atoms with Gasteiger partial charge in [0.2, 0.25) is 5.78 Å². The fourth-order valence-electron chi connectivity index (χ4n) is 1.65. The van der Waals surface area contributed by atoms with Crippen molar-refractivity contribution in [2.75, 3.05) is 0 Å². The van der Waals surface area contributed by atoms with Gasteiger partial charge in [0.05, 0.1) is 11.7 Å². The summed E-state index contributed by atoms with van der Waals surface area (Å²) in [5, 5.41) is 10.7. The van der Waals surface area contributed by atoms with Crippen LogP contribution in [0.3, 0.4) is 0 Å². The highest BCUT2D eigenvalue weighted by molar-refractivity contribution is 6.08. The lowest BCUT2D eigenvalue weighted by atomic mass is 10.1. The molecule has 0 spiro atoms. The first-order chi connectivity index (χ1) is 8.34. The Kier molecular flexibility index (Phi) is 2.15. The van der Waals surface area contributed by atoms with E-state index in [4.69, 9.17) is 0 Å². The van der Waals surface area contributed by atoms with Crippen LogP contribution >= 0.6 is 0 Å².